The maximum atomic E-state index is 13.6. The van der Waals surface area contributed by atoms with Crippen molar-refractivity contribution in [2.75, 3.05) is 31.2 Å². The molecule has 3 aromatic carbocycles. The third-order valence-corrected chi connectivity index (χ3v) is 7.12. The van der Waals surface area contributed by atoms with Gasteiger partial charge in [0.05, 0.1) is 30.9 Å². The second kappa shape index (κ2) is 12.3. The van der Waals surface area contributed by atoms with Gasteiger partial charge >= 0.3 is 0 Å². The van der Waals surface area contributed by atoms with E-state index in [4.69, 9.17) is 14.2 Å². The number of para-hydroxylation sites is 2. The molecule has 0 saturated heterocycles. The van der Waals surface area contributed by atoms with Crippen LogP contribution in [0.3, 0.4) is 0 Å². The number of hydrogen-bond acceptors (Lipinski definition) is 6. The molecule has 1 amide bonds. The molecule has 0 atom stereocenters. The van der Waals surface area contributed by atoms with Crippen LogP contribution in [0.15, 0.2) is 71.6 Å². The number of sulfonamides is 1. The molecule has 0 unspecified atom stereocenters. The SMILES string of the molecule is CCOc1ccc(CNC(=O)CN(c2ccccc2OC)S(=O)(=O)c2ccc(C)cc2)cc1OCC. The largest absolute Gasteiger partial charge is 0.495 e. The monoisotopic (exact) mass is 512 g/mol. The number of nitrogens with one attached hydrogen (secondary N) is 1. The van der Waals surface area contributed by atoms with Gasteiger partial charge in [-0.25, -0.2) is 8.42 Å². The molecule has 0 radical (unpaired) electrons. The number of methoxy groups -OCH3 is 1. The van der Waals surface area contributed by atoms with Gasteiger partial charge in [0.25, 0.3) is 10.0 Å². The van der Waals surface area contributed by atoms with Crippen molar-refractivity contribution in [3.05, 3.63) is 77.9 Å². The highest BCUT2D eigenvalue weighted by molar-refractivity contribution is 7.92. The molecular weight excluding hydrogens is 480 g/mol. The normalized spacial score (nSPS) is 11.0. The average molecular weight is 513 g/mol. The molecule has 3 aromatic rings. The molecule has 0 spiro atoms. The summed E-state index contributed by atoms with van der Waals surface area (Å²) in [5.74, 6) is 1.09. The minimum atomic E-state index is -4.05. The van der Waals surface area contributed by atoms with Crippen LogP contribution in [-0.4, -0.2) is 41.2 Å². The van der Waals surface area contributed by atoms with E-state index in [1.165, 1.54) is 19.2 Å². The fourth-order valence-electron chi connectivity index (χ4n) is 3.57. The Morgan fingerprint density at radius 1 is 0.889 bits per heavy atom. The Balaban J connectivity index is 1.85. The lowest BCUT2D eigenvalue weighted by Gasteiger charge is -2.25. The number of amides is 1. The van der Waals surface area contributed by atoms with Gasteiger partial charge < -0.3 is 19.5 Å². The van der Waals surface area contributed by atoms with Gasteiger partial charge in [0.15, 0.2) is 11.5 Å². The summed E-state index contributed by atoms with van der Waals surface area (Å²) >= 11 is 0. The van der Waals surface area contributed by atoms with Crippen LogP contribution >= 0.6 is 0 Å². The second-order valence-electron chi connectivity index (χ2n) is 7.92. The Morgan fingerprint density at radius 3 is 2.22 bits per heavy atom. The number of carbonyl (C=O) groups excluding carboxylic acids is 1. The molecule has 1 N–H and O–H groups in total. The Bertz CT molecular complexity index is 1280. The van der Waals surface area contributed by atoms with Crippen LogP contribution in [0, 0.1) is 6.92 Å². The number of anilines is 1. The number of aryl methyl sites for hydroxylation is 1. The maximum absolute atomic E-state index is 13.6. The summed E-state index contributed by atoms with van der Waals surface area (Å²) < 4.78 is 44.9. The minimum absolute atomic E-state index is 0.0830. The zero-order valence-corrected chi connectivity index (χ0v) is 21.8. The number of rotatable bonds is 12. The highest BCUT2D eigenvalue weighted by atomic mass is 32.2. The topological polar surface area (TPSA) is 94.2 Å². The van der Waals surface area contributed by atoms with Crippen LogP contribution in [0.1, 0.15) is 25.0 Å². The predicted octanol–water partition coefficient (Wildman–Crippen LogP) is 4.31. The van der Waals surface area contributed by atoms with Crippen LogP contribution in [-0.2, 0) is 21.4 Å². The fourth-order valence-corrected chi connectivity index (χ4v) is 5.00. The van der Waals surface area contributed by atoms with E-state index in [1.54, 1.807) is 48.5 Å². The van der Waals surface area contributed by atoms with Crippen molar-refractivity contribution in [2.45, 2.75) is 32.2 Å². The molecule has 0 bridgehead atoms. The summed E-state index contributed by atoms with van der Waals surface area (Å²) in [5.41, 5.74) is 1.99. The van der Waals surface area contributed by atoms with Gasteiger partial charge in [0.2, 0.25) is 5.91 Å². The van der Waals surface area contributed by atoms with Gasteiger partial charge in [0.1, 0.15) is 12.3 Å². The number of carbonyl (C=O) groups is 1. The third-order valence-electron chi connectivity index (χ3n) is 5.35. The molecule has 9 heteroatoms. The summed E-state index contributed by atoms with van der Waals surface area (Å²) in [4.78, 5) is 13.1. The first-order valence-electron chi connectivity index (χ1n) is 11.7. The van der Waals surface area contributed by atoms with Crippen molar-refractivity contribution < 1.29 is 27.4 Å². The van der Waals surface area contributed by atoms with Gasteiger partial charge in [-0.05, 0) is 62.7 Å². The molecule has 0 saturated carbocycles. The molecule has 3 rings (SSSR count). The second-order valence-corrected chi connectivity index (χ2v) is 9.78. The number of nitrogens with zero attached hydrogens (tertiary/aromatic N) is 1. The summed E-state index contributed by atoms with van der Waals surface area (Å²) in [6.45, 7) is 6.39. The van der Waals surface area contributed by atoms with E-state index in [2.05, 4.69) is 5.32 Å². The van der Waals surface area contributed by atoms with E-state index in [0.717, 1.165) is 15.4 Å². The van der Waals surface area contributed by atoms with Crippen molar-refractivity contribution >= 4 is 21.6 Å². The predicted molar refractivity (Wildman–Crippen MR) is 139 cm³/mol. The lowest BCUT2D eigenvalue weighted by atomic mass is 10.2. The average Bonchev–Trinajstić information content (AvgIpc) is 2.87. The van der Waals surface area contributed by atoms with E-state index < -0.39 is 22.5 Å². The van der Waals surface area contributed by atoms with E-state index in [-0.39, 0.29) is 17.1 Å². The molecule has 36 heavy (non-hydrogen) atoms. The molecule has 0 aromatic heterocycles. The first-order valence-corrected chi connectivity index (χ1v) is 13.1. The van der Waals surface area contributed by atoms with Crippen molar-refractivity contribution in [3.63, 3.8) is 0 Å². The van der Waals surface area contributed by atoms with Crippen LogP contribution in [0.25, 0.3) is 0 Å². The molecule has 0 aliphatic heterocycles. The van der Waals surface area contributed by atoms with E-state index >= 15 is 0 Å². The number of hydrogen-bond donors (Lipinski definition) is 1. The van der Waals surface area contributed by atoms with Crippen LogP contribution in [0.5, 0.6) is 17.2 Å². The lowest BCUT2D eigenvalue weighted by molar-refractivity contribution is -0.119. The Labute approximate surface area is 212 Å². The van der Waals surface area contributed by atoms with Gasteiger partial charge in [-0.2, -0.15) is 0 Å². The van der Waals surface area contributed by atoms with Crippen LogP contribution in [0.2, 0.25) is 0 Å². The summed E-state index contributed by atoms with van der Waals surface area (Å²) in [5, 5.41) is 2.81. The third kappa shape index (κ3) is 6.48. The number of benzene rings is 3. The fraction of sp³-hybridized carbons (Fsp3) is 0.296. The molecule has 0 aliphatic carbocycles. The van der Waals surface area contributed by atoms with Crippen molar-refractivity contribution in [1.29, 1.82) is 0 Å². The smallest absolute Gasteiger partial charge is 0.264 e. The standard InChI is InChI=1S/C27H32N2O6S/c1-5-34-25-16-13-21(17-26(25)35-6-2)18-28-27(30)19-29(23-9-7-8-10-24(23)33-4)36(31,32)22-14-11-20(3)12-15-22/h7-17H,5-6,18-19H2,1-4H3,(H,28,30). The van der Waals surface area contributed by atoms with Crippen LogP contribution < -0.4 is 23.8 Å². The highest BCUT2D eigenvalue weighted by Crippen LogP contribution is 2.32. The molecule has 192 valence electrons. The first-order chi connectivity index (χ1) is 17.3. The lowest BCUT2D eigenvalue weighted by Crippen LogP contribution is -2.40. The van der Waals surface area contributed by atoms with Gasteiger partial charge in [-0.15, -0.1) is 0 Å². The van der Waals surface area contributed by atoms with E-state index in [9.17, 15) is 13.2 Å². The molecule has 0 aliphatic rings. The number of ether oxygens (including phenoxy) is 3. The zero-order valence-electron chi connectivity index (χ0n) is 21.0. The molecule has 0 fully saturated rings. The highest BCUT2D eigenvalue weighted by Gasteiger charge is 2.29. The van der Waals surface area contributed by atoms with E-state index in [0.29, 0.717) is 30.5 Å². The molecule has 8 nitrogen and oxygen atoms in total. The molecular formula is C27H32N2O6S. The van der Waals surface area contributed by atoms with Crippen LogP contribution in [0.4, 0.5) is 5.69 Å². The maximum Gasteiger partial charge on any atom is 0.264 e. The molecule has 0 heterocycles. The minimum Gasteiger partial charge on any atom is -0.495 e. The quantitative estimate of drug-likeness (QED) is 0.389. The van der Waals surface area contributed by atoms with Crippen molar-refractivity contribution in [2.24, 2.45) is 0 Å². The Morgan fingerprint density at radius 2 is 1.56 bits per heavy atom. The Hall–Kier alpha value is -3.72. The van der Waals surface area contributed by atoms with Gasteiger partial charge in [0, 0.05) is 6.54 Å². The summed E-state index contributed by atoms with van der Waals surface area (Å²) in [6, 6.07) is 18.6. The van der Waals surface area contributed by atoms with Crippen molar-refractivity contribution in [3.8, 4) is 17.2 Å². The zero-order chi connectivity index (χ0) is 26.1. The summed E-state index contributed by atoms with van der Waals surface area (Å²) in [6.07, 6.45) is 0. The van der Waals surface area contributed by atoms with Gasteiger partial charge in [-0.1, -0.05) is 35.9 Å². The van der Waals surface area contributed by atoms with Crippen molar-refractivity contribution in [1.82, 2.24) is 5.32 Å². The van der Waals surface area contributed by atoms with E-state index in [1.807, 2.05) is 26.8 Å². The Kier molecular flexibility index (Phi) is 9.19. The summed E-state index contributed by atoms with van der Waals surface area (Å²) in [7, 11) is -2.60. The first kappa shape index (κ1) is 26.9. The van der Waals surface area contributed by atoms with Gasteiger partial charge in [-0.3, -0.25) is 9.10 Å².